The first-order chi connectivity index (χ1) is 17.3. The van der Waals surface area contributed by atoms with Crippen LogP contribution in [0.3, 0.4) is 0 Å². The van der Waals surface area contributed by atoms with Gasteiger partial charge in [0.15, 0.2) is 0 Å². The summed E-state index contributed by atoms with van der Waals surface area (Å²) in [5.74, 6) is 0.509. The minimum Gasteiger partial charge on any atom is -0.497 e. The third-order valence-electron chi connectivity index (χ3n) is 6.61. The highest BCUT2D eigenvalue weighted by atomic mass is 16.5. The number of rotatable bonds is 11. The molecule has 3 aromatic carbocycles. The molecule has 0 saturated heterocycles. The summed E-state index contributed by atoms with van der Waals surface area (Å²) < 4.78 is 5.41. The molecule has 0 aliphatic carbocycles. The lowest BCUT2D eigenvalue weighted by molar-refractivity contribution is -0.141. The summed E-state index contributed by atoms with van der Waals surface area (Å²) in [6.07, 6.45) is 1.49. The Morgan fingerprint density at radius 2 is 1.67 bits per heavy atom. The van der Waals surface area contributed by atoms with E-state index in [1.54, 1.807) is 12.0 Å². The molecule has 2 amide bonds. The van der Waals surface area contributed by atoms with Crippen LogP contribution in [-0.4, -0.2) is 35.9 Å². The van der Waals surface area contributed by atoms with Gasteiger partial charge in [0.1, 0.15) is 11.8 Å². The molecule has 0 heterocycles. The van der Waals surface area contributed by atoms with E-state index in [4.69, 9.17) is 4.74 Å². The summed E-state index contributed by atoms with van der Waals surface area (Å²) >= 11 is 0. The topological polar surface area (TPSA) is 58.6 Å². The highest BCUT2D eigenvalue weighted by molar-refractivity contribution is 5.89. The molecule has 0 aromatic heterocycles. The largest absolute Gasteiger partial charge is 0.497 e. The Kier molecular flexibility index (Phi) is 9.69. The summed E-state index contributed by atoms with van der Waals surface area (Å²) in [5.41, 5.74) is 5.09. The van der Waals surface area contributed by atoms with Crippen molar-refractivity contribution < 1.29 is 14.3 Å². The van der Waals surface area contributed by atoms with Crippen molar-refractivity contribution in [2.45, 2.75) is 65.6 Å². The van der Waals surface area contributed by atoms with Crippen molar-refractivity contribution >= 4 is 11.8 Å². The molecule has 0 spiro atoms. The lowest BCUT2D eigenvalue weighted by Gasteiger charge is -2.32. The van der Waals surface area contributed by atoms with E-state index in [0.29, 0.717) is 13.0 Å². The second kappa shape index (κ2) is 12.9. The Hall–Kier alpha value is -3.60. The molecule has 5 nitrogen and oxygen atoms in total. The van der Waals surface area contributed by atoms with Gasteiger partial charge in [-0.3, -0.25) is 9.59 Å². The van der Waals surface area contributed by atoms with Crippen LogP contribution in [0.15, 0.2) is 72.8 Å². The van der Waals surface area contributed by atoms with Crippen LogP contribution >= 0.6 is 0 Å². The van der Waals surface area contributed by atoms with E-state index in [1.165, 1.54) is 0 Å². The zero-order valence-electron chi connectivity index (χ0n) is 22.1. The van der Waals surface area contributed by atoms with Gasteiger partial charge in [0.25, 0.3) is 0 Å². The number of amides is 2. The number of carbonyl (C=O) groups excluding carboxylic acids is 2. The predicted octanol–water partition coefficient (Wildman–Crippen LogP) is 5.41. The Morgan fingerprint density at radius 1 is 0.944 bits per heavy atom. The quantitative estimate of drug-likeness (QED) is 0.394. The molecule has 0 bridgehead atoms. The van der Waals surface area contributed by atoms with Crippen LogP contribution in [0, 0.1) is 13.8 Å². The van der Waals surface area contributed by atoms with E-state index in [1.807, 2.05) is 88.4 Å². The van der Waals surface area contributed by atoms with Crippen molar-refractivity contribution in [2.24, 2.45) is 0 Å². The molecule has 0 aliphatic rings. The molecule has 36 heavy (non-hydrogen) atoms. The van der Waals surface area contributed by atoms with E-state index in [9.17, 15) is 9.59 Å². The van der Waals surface area contributed by atoms with Gasteiger partial charge in [0.05, 0.1) is 13.5 Å². The zero-order valence-corrected chi connectivity index (χ0v) is 22.1. The maximum Gasteiger partial charge on any atom is 0.243 e. The zero-order chi connectivity index (χ0) is 26.1. The minimum atomic E-state index is -0.648. The molecule has 0 saturated carbocycles. The number of ether oxygens (including phenoxy) is 1. The van der Waals surface area contributed by atoms with Crippen molar-refractivity contribution in [1.82, 2.24) is 10.2 Å². The third kappa shape index (κ3) is 7.45. The smallest absolute Gasteiger partial charge is 0.243 e. The molecule has 3 rings (SSSR count). The third-order valence-corrected chi connectivity index (χ3v) is 6.61. The highest BCUT2D eigenvalue weighted by Crippen LogP contribution is 2.21. The van der Waals surface area contributed by atoms with Gasteiger partial charge in [0.2, 0.25) is 11.8 Å². The number of hydrogen-bond donors (Lipinski definition) is 1. The second-order valence-electron chi connectivity index (χ2n) is 9.50. The van der Waals surface area contributed by atoms with Crippen molar-refractivity contribution in [3.8, 4) is 5.75 Å². The molecule has 0 radical (unpaired) electrons. The monoisotopic (exact) mass is 486 g/mol. The average molecular weight is 487 g/mol. The number of nitrogens with zero attached hydrogens (tertiary/aromatic N) is 1. The second-order valence-corrected chi connectivity index (χ2v) is 9.50. The van der Waals surface area contributed by atoms with Crippen molar-refractivity contribution in [2.75, 3.05) is 7.11 Å². The maximum atomic E-state index is 13.9. The van der Waals surface area contributed by atoms with Gasteiger partial charge in [0, 0.05) is 19.0 Å². The number of benzene rings is 3. The van der Waals surface area contributed by atoms with Crippen LogP contribution in [0.25, 0.3) is 0 Å². The Labute approximate surface area is 215 Å². The predicted molar refractivity (Wildman–Crippen MR) is 145 cm³/mol. The van der Waals surface area contributed by atoms with Crippen molar-refractivity contribution in [1.29, 1.82) is 0 Å². The van der Waals surface area contributed by atoms with Gasteiger partial charge >= 0.3 is 0 Å². The van der Waals surface area contributed by atoms with Gasteiger partial charge in [-0.15, -0.1) is 0 Å². The number of carbonyl (C=O) groups is 2. The van der Waals surface area contributed by atoms with E-state index >= 15 is 0 Å². The van der Waals surface area contributed by atoms with Gasteiger partial charge in [-0.1, -0.05) is 73.2 Å². The normalized spacial score (nSPS) is 12.5. The first kappa shape index (κ1) is 27.0. The standard InChI is InChI=1S/C31H38N2O3/c1-6-24(4)32-31(35)29(19-25-11-8-7-9-12-25)33(21-26-13-10-14-28(18-26)36-5)30(34)20-27-17-22(2)15-16-23(27)3/h7-18,24,29H,6,19-21H2,1-5H3,(H,32,35). The van der Waals surface area contributed by atoms with E-state index < -0.39 is 6.04 Å². The molecule has 2 atom stereocenters. The van der Waals surface area contributed by atoms with Crippen molar-refractivity contribution in [3.05, 3.63) is 101 Å². The summed E-state index contributed by atoms with van der Waals surface area (Å²) in [5, 5.41) is 3.12. The molecule has 3 aromatic rings. The first-order valence-corrected chi connectivity index (χ1v) is 12.6. The minimum absolute atomic E-state index is 0.0172. The summed E-state index contributed by atoms with van der Waals surface area (Å²) in [4.78, 5) is 29.3. The van der Waals surface area contributed by atoms with Crippen LogP contribution in [0.5, 0.6) is 5.75 Å². The fourth-order valence-electron chi connectivity index (χ4n) is 4.22. The summed E-state index contributed by atoms with van der Waals surface area (Å²) in [6, 6.07) is 23.1. The fraction of sp³-hybridized carbons (Fsp3) is 0.355. The summed E-state index contributed by atoms with van der Waals surface area (Å²) in [7, 11) is 1.63. The lowest BCUT2D eigenvalue weighted by atomic mass is 9.99. The number of aryl methyl sites for hydroxylation is 2. The van der Waals surface area contributed by atoms with E-state index in [0.717, 1.165) is 40.0 Å². The molecule has 0 fully saturated rings. The van der Waals surface area contributed by atoms with Crippen LogP contribution in [0.2, 0.25) is 0 Å². The number of methoxy groups -OCH3 is 1. The molecular weight excluding hydrogens is 448 g/mol. The Balaban J connectivity index is 2.01. The fourth-order valence-corrected chi connectivity index (χ4v) is 4.22. The van der Waals surface area contributed by atoms with Gasteiger partial charge in [-0.05, 0) is 61.6 Å². The molecule has 0 aliphatic heterocycles. The maximum absolute atomic E-state index is 13.9. The van der Waals surface area contributed by atoms with Crippen LogP contribution < -0.4 is 10.1 Å². The Morgan fingerprint density at radius 3 is 2.36 bits per heavy atom. The van der Waals surface area contributed by atoms with Gasteiger partial charge in [-0.2, -0.15) is 0 Å². The molecule has 190 valence electrons. The Bertz CT molecular complexity index is 1160. The van der Waals surface area contributed by atoms with Gasteiger partial charge in [-0.25, -0.2) is 0 Å². The number of nitrogens with one attached hydrogen (secondary N) is 1. The molecule has 5 heteroatoms. The number of hydrogen-bond acceptors (Lipinski definition) is 3. The molecular formula is C31H38N2O3. The van der Waals surface area contributed by atoms with Crippen LogP contribution in [0.4, 0.5) is 0 Å². The van der Waals surface area contributed by atoms with Crippen LogP contribution in [-0.2, 0) is 29.0 Å². The first-order valence-electron chi connectivity index (χ1n) is 12.6. The van der Waals surface area contributed by atoms with Crippen molar-refractivity contribution in [3.63, 3.8) is 0 Å². The summed E-state index contributed by atoms with van der Waals surface area (Å²) in [6.45, 7) is 8.38. The molecule has 2 unspecified atom stereocenters. The van der Waals surface area contributed by atoms with E-state index in [-0.39, 0.29) is 24.3 Å². The lowest BCUT2D eigenvalue weighted by Crippen LogP contribution is -2.52. The SMILES string of the molecule is CCC(C)NC(=O)C(Cc1ccccc1)N(Cc1cccc(OC)c1)C(=O)Cc1cc(C)ccc1C. The molecule has 1 N–H and O–H groups in total. The highest BCUT2D eigenvalue weighted by Gasteiger charge is 2.31. The average Bonchev–Trinajstić information content (AvgIpc) is 2.88. The van der Waals surface area contributed by atoms with Gasteiger partial charge < -0.3 is 15.0 Å². The van der Waals surface area contributed by atoms with Crippen LogP contribution in [0.1, 0.15) is 48.1 Å². The van der Waals surface area contributed by atoms with E-state index in [2.05, 4.69) is 17.4 Å².